The first kappa shape index (κ1) is 19.3. The second-order valence-electron chi connectivity index (χ2n) is 6.28. The Kier molecular flexibility index (Phi) is 6.85. The monoisotopic (exact) mass is 360 g/mol. The van der Waals surface area contributed by atoms with E-state index >= 15 is 0 Å². The molecule has 0 heterocycles. The lowest BCUT2D eigenvalue weighted by Gasteiger charge is -2.24. The smallest absolute Gasteiger partial charge is 0.238 e. The highest BCUT2D eigenvalue weighted by molar-refractivity contribution is 6.31. The molecule has 1 amide bonds. The third-order valence-electron chi connectivity index (χ3n) is 4.38. The normalized spacial score (nSPS) is 12.1. The molecule has 2 aromatic rings. The van der Waals surface area contributed by atoms with Gasteiger partial charge in [0.15, 0.2) is 0 Å². The van der Waals surface area contributed by atoms with Gasteiger partial charge >= 0.3 is 0 Å². The summed E-state index contributed by atoms with van der Waals surface area (Å²) in [5.41, 5.74) is 2.85. The molecular formula is C20H25ClN2O2. The van der Waals surface area contributed by atoms with Crippen LogP contribution in [0, 0.1) is 6.92 Å². The van der Waals surface area contributed by atoms with E-state index in [9.17, 15) is 4.79 Å². The van der Waals surface area contributed by atoms with Crippen molar-refractivity contribution in [2.75, 3.05) is 26.0 Å². The number of carbonyl (C=O) groups is 1. The van der Waals surface area contributed by atoms with Crippen LogP contribution >= 0.6 is 11.6 Å². The fourth-order valence-electron chi connectivity index (χ4n) is 2.57. The molecule has 0 aromatic heterocycles. The number of anilines is 1. The van der Waals surface area contributed by atoms with Gasteiger partial charge in [0.1, 0.15) is 5.75 Å². The highest BCUT2D eigenvalue weighted by atomic mass is 35.5. The van der Waals surface area contributed by atoms with Crippen LogP contribution < -0.4 is 10.1 Å². The third-order valence-corrected chi connectivity index (χ3v) is 4.79. The number of hydrogen-bond acceptors (Lipinski definition) is 3. The zero-order valence-corrected chi connectivity index (χ0v) is 15.9. The van der Waals surface area contributed by atoms with Gasteiger partial charge in [-0.05, 0) is 62.7 Å². The van der Waals surface area contributed by atoms with Gasteiger partial charge in [0, 0.05) is 16.8 Å². The van der Waals surface area contributed by atoms with Gasteiger partial charge in [0.05, 0.1) is 13.7 Å². The Morgan fingerprint density at radius 1 is 1.24 bits per heavy atom. The average Bonchev–Trinajstić information content (AvgIpc) is 2.59. The van der Waals surface area contributed by atoms with E-state index in [1.54, 1.807) is 7.11 Å². The molecule has 0 saturated carbocycles. The molecule has 0 aliphatic carbocycles. The predicted molar refractivity (Wildman–Crippen MR) is 104 cm³/mol. The zero-order chi connectivity index (χ0) is 18.4. The largest absolute Gasteiger partial charge is 0.497 e. The first-order valence-electron chi connectivity index (χ1n) is 8.29. The van der Waals surface area contributed by atoms with Gasteiger partial charge in [-0.2, -0.15) is 0 Å². The van der Waals surface area contributed by atoms with Crippen molar-refractivity contribution in [2.45, 2.75) is 26.3 Å². The molecule has 0 spiro atoms. The molecule has 4 nitrogen and oxygen atoms in total. The van der Waals surface area contributed by atoms with Gasteiger partial charge in [0.2, 0.25) is 5.91 Å². The lowest BCUT2D eigenvalue weighted by molar-refractivity contribution is -0.117. The van der Waals surface area contributed by atoms with Gasteiger partial charge in [0.25, 0.3) is 0 Å². The second kappa shape index (κ2) is 8.88. The summed E-state index contributed by atoms with van der Waals surface area (Å²) >= 11 is 6.09. The molecular weight excluding hydrogens is 336 g/mol. The Labute approximate surface area is 154 Å². The summed E-state index contributed by atoms with van der Waals surface area (Å²) in [6.07, 6.45) is 0.865. The zero-order valence-electron chi connectivity index (χ0n) is 15.2. The van der Waals surface area contributed by atoms with Crippen LogP contribution in [0.5, 0.6) is 5.75 Å². The number of ether oxygens (including phenoxy) is 1. The molecule has 0 saturated heterocycles. The van der Waals surface area contributed by atoms with Crippen LogP contribution in [0.25, 0.3) is 0 Å². The third kappa shape index (κ3) is 5.48. The maximum absolute atomic E-state index is 12.3. The number of rotatable bonds is 7. The minimum absolute atomic E-state index is 0.0468. The van der Waals surface area contributed by atoms with Crippen molar-refractivity contribution in [3.8, 4) is 5.75 Å². The Hall–Kier alpha value is -2.04. The minimum Gasteiger partial charge on any atom is -0.497 e. The molecule has 0 aliphatic rings. The van der Waals surface area contributed by atoms with Gasteiger partial charge < -0.3 is 10.1 Å². The Morgan fingerprint density at radius 3 is 2.56 bits per heavy atom. The number of amides is 1. The number of nitrogens with zero attached hydrogens (tertiary/aromatic N) is 1. The number of methoxy groups -OCH3 is 1. The predicted octanol–water partition coefficient (Wildman–Crippen LogP) is 4.16. The minimum atomic E-state index is -0.0468. The number of likely N-dealkylation sites (N-methyl/N-ethyl adjacent to an activating group) is 1. The van der Waals surface area contributed by atoms with E-state index in [4.69, 9.17) is 16.3 Å². The summed E-state index contributed by atoms with van der Waals surface area (Å²) < 4.78 is 5.18. The molecule has 2 aromatic carbocycles. The SMILES string of the molecule is COc1ccc(CC(C)N(C)CC(=O)Nc2cccc(Cl)c2C)cc1. The molecule has 1 atom stereocenters. The van der Waals surface area contributed by atoms with E-state index in [1.807, 2.05) is 49.2 Å². The fourth-order valence-corrected chi connectivity index (χ4v) is 2.75. The summed E-state index contributed by atoms with van der Waals surface area (Å²) in [5.74, 6) is 0.801. The van der Waals surface area contributed by atoms with E-state index in [2.05, 4.69) is 24.4 Å². The maximum Gasteiger partial charge on any atom is 0.238 e. The molecule has 0 fully saturated rings. The van der Waals surface area contributed by atoms with Gasteiger partial charge in [-0.25, -0.2) is 0 Å². The topological polar surface area (TPSA) is 41.6 Å². The fraction of sp³-hybridized carbons (Fsp3) is 0.350. The first-order chi connectivity index (χ1) is 11.9. The molecule has 2 rings (SSSR count). The number of benzene rings is 2. The van der Waals surface area contributed by atoms with Crippen LogP contribution in [0.1, 0.15) is 18.1 Å². The van der Waals surface area contributed by atoms with Crippen molar-refractivity contribution in [2.24, 2.45) is 0 Å². The van der Waals surface area contributed by atoms with E-state index in [-0.39, 0.29) is 11.9 Å². The van der Waals surface area contributed by atoms with Crippen molar-refractivity contribution in [1.82, 2.24) is 4.90 Å². The summed E-state index contributed by atoms with van der Waals surface area (Å²) in [4.78, 5) is 14.4. The second-order valence-corrected chi connectivity index (χ2v) is 6.68. The summed E-state index contributed by atoms with van der Waals surface area (Å²) in [5, 5.41) is 3.59. The van der Waals surface area contributed by atoms with Crippen molar-refractivity contribution in [3.05, 3.63) is 58.6 Å². The quantitative estimate of drug-likeness (QED) is 0.806. The Bertz CT molecular complexity index is 716. The number of halogens is 1. The number of hydrogen-bond donors (Lipinski definition) is 1. The maximum atomic E-state index is 12.3. The Balaban J connectivity index is 1.90. The van der Waals surface area contributed by atoms with Gasteiger partial charge in [-0.3, -0.25) is 9.69 Å². The van der Waals surface area contributed by atoms with Crippen LogP contribution in [-0.4, -0.2) is 37.6 Å². The standard InChI is InChI=1S/C20H25ClN2O2/c1-14(12-16-8-10-17(25-4)11-9-16)23(3)13-20(24)22-19-7-5-6-18(21)15(19)2/h5-11,14H,12-13H2,1-4H3,(H,22,24). The highest BCUT2D eigenvalue weighted by Gasteiger charge is 2.15. The van der Waals surface area contributed by atoms with Crippen LogP contribution in [0.2, 0.25) is 5.02 Å². The van der Waals surface area contributed by atoms with Crippen LogP contribution in [-0.2, 0) is 11.2 Å². The molecule has 0 aliphatic heterocycles. The van der Waals surface area contributed by atoms with Gasteiger partial charge in [-0.1, -0.05) is 29.8 Å². The molecule has 5 heteroatoms. The Morgan fingerprint density at radius 2 is 1.92 bits per heavy atom. The summed E-state index contributed by atoms with van der Waals surface area (Å²) in [6, 6.07) is 13.8. The molecule has 1 unspecified atom stereocenters. The summed E-state index contributed by atoms with van der Waals surface area (Å²) in [7, 11) is 3.62. The van der Waals surface area contributed by atoms with Crippen molar-refractivity contribution in [3.63, 3.8) is 0 Å². The highest BCUT2D eigenvalue weighted by Crippen LogP contribution is 2.23. The van der Waals surface area contributed by atoms with E-state index in [0.717, 1.165) is 23.4 Å². The van der Waals surface area contributed by atoms with E-state index in [0.29, 0.717) is 11.6 Å². The number of nitrogens with one attached hydrogen (secondary N) is 1. The first-order valence-corrected chi connectivity index (χ1v) is 8.66. The summed E-state index contributed by atoms with van der Waals surface area (Å²) in [6.45, 7) is 4.33. The van der Waals surface area contributed by atoms with Crippen LogP contribution in [0.15, 0.2) is 42.5 Å². The van der Waals surface area contributed by atoms with E-state index in [1.165, 1.54) is 5.56 Å². The molecule has 1 N–H and O–H groups in total. The molecule has 0 bridgehead atoms. The average molecular weight is 361 g/mol. The van der Waals surface area contributed by atoms with Crippen LogP contribution in [0.3, 0.4) is 0 Å². The number of carbonyl (C=O) groups excluding carboxylic acids is 1. The van der Waals surface area contributed by atoms with E-state index < -0.39 is 0 Å². The van der Waals surface area contributed by atoms with Crippen molar-refractivity contribution in [1.29, 1.82) is 0 Å². The van der Waals surface area contributed by atoms with Crippen molar-refractivity contribution >= 4 is 23.2 Å². The lowest BCUT2D eigenvalue weighted by atomic mass is 10.1. The molecule has 25 heavy (non-hydrogen) atoms. The lowest BCUT2D eigenvalue weighted by Crippen LogP contribution is -2.37. The van der Waals surface area contributed by atoms with Crippen molar-refractivity contribution < 1.29 is 9.53 Å². The molecule has 0 radical (unpaired) electrons. The van der Waals surface area contributed by atoms with Crippen LogP contribution in [0.4, 0.5) is 5.69 Å². The molecule has 134 valence electrons. The van der Waals surface area contributed by atoms with Gasteiger partial charge in [-0.15, -0.1) is 0 Å².